The van der Waals surface area contributed by atoms with E-state index in [-0.39, 0.29) is 6.61 Å². The fourth-order valence-electron chi connectivity index (χ4n) is 3.76. The van der Waals surface area contributed by atoms with Crippen molar-refractivity contribution in [3.8, 4) is 0 Å². The van der Waals surface area contributed by atoms with Crippen LogP contribution in [0, 0.1) is 0 Å². The normalized spacial score (nSPS) is 20.5. The SMILES string of the molecule is CN=C(NCCO)N1CC2(CCCC2)c2ccccc21. The third-order valence-corrected chi connectivity index (χ3v) is 4.65. The quantitative estimate of drug-likeness (QED) is 0.639. The van der Waals surface area contributed by atoms with Gasteiger partial charge in [-0.2, -0.15) is 0 Å². The van der Waals surface area contributed by atoms with Gasteiger partial charge in [-0.15, -0.1) is 0 Å². The Kier molecular flexibility index (Phi) is 3.66. The number of para-hydroxylation sites is 1. The van der Waals surface area contributed by atoms with Crippen molar-refractivity contribution in [2.45, 2.75) is 31.1 Å². The van der Waals surface area contributed by atoms with Gasteiger partial charge >= 0.3 is 0 Å². The smallest absolute Gasteiger partial charge is 0.198 e. The number of guanidine groups is 1. The second-order valence-electron chi connectivity index (χ2n) is 5.79. The lowest BCUT2D eigenvalue weighted by atomic mass is 9.81. The van der Waals surface area contributed by atoms with Crippen LogP contribution in [0.15, 0.2) is 29.3 Å². The van der Waals surface area contributed by atoms with Gasteiger partial charge in [0, 0.05) is 31.2 Å². The topological polar surface area (TPSA) is 47.9 Å². The number of aliphatic hydroxyl groups excluding tert-OH is 1. The molecule has 2 N–H and O–H groups in total. The lowest BCUT2D eigenvalue weighted by molar-refractivity contribution is 0.300. The van der Waals surface area contributed by atoms with E-state index in [4.69, 9.17) is 5.11 Å². The fraction of sp³-hybridized carbons (Fsp3) is 0.562. The Morgan fingerprint density at radius 3 is 2.80 bits per heavy atom. The third kappa shape index (κ3) is 2.08. The molecular weight excluding hydrogens is 250 g/mol. The number of nitrogens with one attached hydrogen (secondary N) is 1. The molecular formula is C16H23N3O. The second-order valence-corrected chi connectivity index (χ2v) is 5.79. The molecule has 0 unspecified atom stereocenters. The van der Waals surface area contributed by atoms with Crippen molar-refractivity contribution >= 4 is 11.6 Å². The molecule has 2 aliphatic rings. The number of benzene rings is 1. The summed E-state index contributed by atoms with van der Waals surface area (Å²) in [6.07, 6.45) is 5.20. The Hall–Kier alpha value is -1.55. The molecule has 0 saturated heterocycles. The average molecular weight is 273 g/mol. The molecule has 20 heavy (non-hydrogen) atoms. The largest absolute Gasteiger partial charge is 0.395 e. The molecule has 3 rings (SSSR count). The van der Waals surface area contributed by atoms with Gasteiger partial charge in [0.2, 0.25) is 0 Å². The van der Waals surface area contributed by atoms with E-state index in [1.54, 1.807) is 0 Å². The maximum absolute atomic E-state index is 9.02. The second kappa shape index (κ2) is 5.44. The highest BCUT2D eigenvalue weighted by molar-refractivity contribution is 5.98. The van der Waals surface area contributed by atoms with Crippen LogP contribution >= 0.6 is 0 Å². The molecule has 0 aromatic heterocycles. The number of aliphatic imine (C=N–C) groups is 1. The highest BCUT2D eigenvalue weighted by Gasteiger charge is 2.45. The molecule has 0 amide bonds. The van der Waals surface area contributed by atoms with Crippen molar-refractivity contribution in [3.05, 3.63) is 29.8 Å². The van der Waals surface area contributed by atoms with Gasteiger partial charge in [-0.05, 0) is 24.5 Å². The Labute approximate surface area is 120 Å². The third-order valence-electron chi connectivity index (χ3n) is 4.65. The summed E-state index contributed by atoms with van der Waals surface area (Å²) in [5.74, 6) is 0.871. The average Bonchev–Trinajstić information content (AvgIpc) is 3.08. The van der Waals surface area contributed by atoms with E-state index < -0.39 is 0 Å². The minimum atomic E-state index is 0.125. The number of fused-ring (bicyclic) bond motifs is 2. The van der Waals surface area contributed by atoms with Gasteiger partial charge in [-0.3, -0.25) is 4.99 Å². The minimum absolute atomic E-state index is 0.125. The van der Waals surface area contributed by atoms with Crippen LogP contribution < -0.4 is 10.2 Å². The van der Waals surface area contributed by atoms with E-state index >= 15 is 0 Å². The summed E-state index contributed by atoms with van der Waals surface area (Å²) in [7, 11) is 1.81. The molecule has 1 aliphatic heterocycles. The number of hydrogen-bond acceptors (Lipinski definition) is 2. The first-order chi connectivity index (χ1) is 9.80. The van der Waals surface area contributed by atoms with Crippen molar-refractivity contribution in [3.63, 3.8) is 0 Å². The Bertz CT molecular complexity index is 506. The molecule has 1 saturated carbocycles. The summed E-state index contributed by atoms with van der Waals surface area (Å²) in [5.41, 5.74) is 3.07. The van der Waals surface area contributed by atoms with E-state index in [2.05, 4.69) is 39.5 Å². The van der Waals surface area contributed by atoms with Gasteiger partial charge < -0.3 is 15.3 Å². The summed E-state index contributed by atoms with van der Waals surface area (Å²) in [6.45, 7) is 1.68. The van der Waals surface area contributed by atoms with Crippen LogP contribution in [0.25, 0.3) is 0 Å². The van der Waals surface area contributed by atoms with Crippen LogP contribution in [-0.4, -0.2) is 37.8 Å². The molecule has 1 spiro atoms. The van der Waals surface area contributed by atoms with E-state index in [9.17, 15) is 0 Å². The standard InChI is InChI=1S/C16H23N3O/c1-17-15(18-10-11-20)19-12-16(8-4-5-9-16)13-6-2-3-7-14(13)19/h2-3,6-7,20H,4-5,8-12H2,1H3,(H,17,18). The van der Waals surface area contributed by atoms with Gasteiger partial charge in [0.25, 0.3) is 0 Å². The molecule has 1 aliphatic carbocycles. The van der Waals surface area contributed by atoms with Gasteiger partial charge in [0.1, 0.15) is 0 Å². The first-order valence-electron chi connectivity index (χ1n) is 7.49. The maximum Gasteiger partial charge on any atom is 0.198 e. The maximum atomic E-state index is 9.02. The first kappa shape index (κ1) is 13.4. The molecule has 0 radical (unpaired) electrons. The summed E-state index contributed by atoms with van der Waals surface area (Å²) in [5, 5.41) is 12.3. The Morgan fingerprint density at radius 1 is 1.35 bits per heavy atom. The van der Waals surface area contributed by atoms with Crippen molar-refractivity contribution in [1.29, 1.82) is 0 Å². The number of aliphatic hydroxyl groups is 1. The van der Waals surface area contributed by atoms with Gasteiger partial charge in [-0.25, -0.2) is 0 Å². The molecule has 108 valence electrons. The van der Waals surface area contributed by atoms with Crippen molar-refractivity contribution in [2.24, 2.45) is 4.99 Å². The van der Waals surface area contributed by atoms with Crippen LogP contribution in [0.5, 0.6) is 0 Å². The fourth-order valence-corrected chi connectivity index (χ4v) is 3.76. The van der Waals surface area contributed by atoms with Gasteiger partial charge in [0.05, 0.1) is 6.61 Å². The zero-order valence-corrected chi connectivity index (χ0v) is 12.1. The van der Waals surface area contributed by atoms with Crippen LogP contribution in [-0.2, 0) is 5.41 Å². The predicted octanol–water partition coefficient (Wildman–Crippen LogP) is 1.89. The van der Waals surface area contributed by atoms with E-state index in [0.717, 1.165) is 12.5 Å². The van der Waals surface area contributed by atoms with Crippen molar-refractivity contribution in [2.75, 3.05) is 31.6 Å². The molecule has 1 heterocycles. The summed E-state index contributed by atoms with van der Waals surface area (Å²) in [4.78, 5) is 6.67. The van der Waals surface area contributed by atoms with Crippen LogP contribution in [0.3, 0.4) is 0 Å². The Morgan fingerprint density at radius 2 is 2.10 bits per heavy atom. The Balaban J connectivity index is 1.94. The lowest BCUT2D eigenvalue weighted by Gasteiger charge is -2.26. The molecule has 4 nitrogen and oxygen atoms in total. The number of rotatable bonds is 2. The van der Waals surface area contributed by atoms with Crippen LogP contribution in [0.2, 0.25) is 0 Å². The van der Waals surface area contributed by atoms with Gasteiger partial charge in [-0.1, -0.05) is 31.0 Å². The van der Waals surface area contributed by atoms with E-state index in [1.807, 2.05) is 7.05 Å². The highest BCUT2D eigenvalue weighted by atomic mass is 16.3. The van der Waals surface area contributed by atoms with Gasteiger partial charge in [0.15, 0.2) is 5.96 Å². The first-order valence-corrected chi connectivity index (χ1v) is 7.49. The molecule has 4 heteroatoms. The minimum Gasteiger partial charge on any atom is -0.395 e. The number of nitrogens with zero attached hydrogens (tertiary/aromatic N) is 2. The zero-order chi connectivity index (χ0) is 14.0. The van der Waals surface area contributed by atoms with Crippen LogP contribution in [0.4, 0.5) is 5.69 Å². The van der Waals surface area contributed by atoms with Crippen molar-refractivity contribution < 1.29 is 5.11 Å². The molecule has 0 atom stereocenters. The summed E-state index contributed by atoms with van der Waals surface area (Å²) in [6, 6.07) is 8.71. The zero-order valence-electron chi connectivity index (χ0n) is 12.1. The molecule has 0 bridgehead atoms. The number of anilines is 1. The van der Waals surface area contributed by atoms with E-state index in [0.29, 0.717) is 12.0 Å². The lowest BCUT2D eigenvalue weighted by Crippen LogP contribution is -2.44. The molecule has 1 fully saturated rings. The van der Waals surface area contributed by atoms with E-state index in [1.165, 1.54) is 36.9 Å². The summed E-state index contributed by atoms with van der Waals surface area (Å²) < 4.78 is 0. The predicted molar refractivity (Wildman–Crippen MR) is 82.4 cm³/mol. The number of hydrogen-bond donors (Lipinski definition) is 2. The summed E-state index contributed by atoms with van der Waals surface area (Å²) >= 11 is 0. The molecule has 1 aromatic carbocycles. The van der Waals surface area contributed by atoms with Crippen molar-refractivity contribution in [1.82, 2.24) is 5.32 Å². The monoisotopic (exact) mass is 273 g/mol. The van der Waals surface area contributed by atoms with Crippen LogP contribution in [0.1, 0.15) is 31.2 Å². The molecule has 1 aromatic rings. The highest BCUT2D eigenvalue weighted by Crippen LogP contribution is 2.50.